The van der Waals surface area contributed by atoms with Gasteiger partial charge in [0.1, 0.15) is 0 Å². The summed E-state index contributed by atoms with van der Waals surface area (Å²) in [6.45, 7) is 6.16. The predicted octanol–water partition coefficient (Wildman–Crippen LogP) is 2.50. The molecule has 0 unspecified atom stereocenters. The van der Waals surface area contributed by atoms with E-state index in [0.717, 1.165) is 50.1 Å². The fourth-order valence-corrected chi connectivity index (χ4v) is 4.74. The Morgan fingerprint density at radius 1 is 1.06 bits per heavy atom. The van der Waals surface area contributed by atoms with Gasteiger partial charge in [-0.05, 0) is 57.3 Å². The number of rotatable bonds is 8. The number of benzene rings is 1. The number of hydrogen-bond donors (Lipinski definition) is 1. The fourth-order valence-electron chi connectivity index (χ4n) is 4.74. The second kappa shape index (κ2) is 11.3. The lowest BCUT2D eigenvalue weighted by Gasteiger charge is -2.33. The van der Waals surface area contributed by atoms with Gasteiger partial charge in [-0.15, -0.1) is 0 Å². The van der Waals surface area contributed by atoms with E-state index in [2.05, 4.69) is 20.2 Å². The Bertz CT molecular complexity index is 923. The maximum atomic E-state index is 12.7. The van der Waals surface area contributed by atoms with Crippen molar-refractivity contribution in [3.8, 4) is 0 Å². The summed E-state index contributed by atoms with van der Waals surface area (Å²) >= 11 is 0. The lowest BCUT2D eigenvalue weighted by Crippen LogP contribution is -2.44. The SMILES string of the molecule is O=C(NCCCN1CCCCC1)[C@H]1CCCN(c2cnn(Cc3ccccc3)c(=O)c2)C1. The average Bonchev–Trinajstić information content (AvgIpc) is 2.84. The molecule has 7 nitrogen and oxygen atoms in total. The number of anilines is 1. The van der Waals surface area contributed by atoms with Crippen LogP contribution in [-0.4, -0.2) is 59.9 Å². The van der Waals surface area contributed by atoms with Crippen LogP contribution in [0.15, 0.2) is 47.4 Å². The van der Waals surface area contributed by atoms with Gasteiger partial charge < -0.3 is 15.1 Å². The molecule has 1 atom stereocenters. The summed E-state index contributed by atoms with van der Waals surface area (Å²) in [5.74, 6) is 0.101. The fraction of sp³-hybridized carbons (Fsp3) is 0.560. The molecule has 2 saturated heterocycles. The first kappa shape index (κ1) is 22.5. The van der Waals surface area contributed by atoms with Gasteiger partial charge in [-0.3, -0.25) is 9.59 Å². The molecule has 0 aliphatic carbocycles. The van der Waals surface area contributed by atoms with E-state index >= 15 is 0 Å². The second-order valence-electron chi connectivity index (χ2n) is 9.03. The van der Waals surface area contributed by atoms with Crippen molar-refractivity contribution >= 4 is 11.6 Å². The van der Waals surface area contributed by atoms with E-state index in [1.807, 2.05) is 30.3 Å². The van der Waals surface area contributed by atoms with Crippen LogP contribution in [-0.2, 0) is 11.3 Å². The Balaban J connectivity index is 1.27. The number of aromatic nitrogens is 2. The van der Waals surface area contributed by atoms with Crippen molar-refractivity contribution in [3.05, 3.63) is 58.5 Å². The van der Waals surface area contributed by atoms with Crippen molar-refractivity contribution in [2.75, 3.05) is 44.2 Å². The summed E-state index contributed by atoms with van der Waals surface area (Å²) in [5.41, 5.74) is 1.74. The summed E-state index contributed by atoms with van der Waals surface area (Å²) in [6, 6.07) is 11.5. The Hall–Kier alpha value is -2.67. The van der Waals surface area contributed by atoms with Gasteiger partial charge in [0.2, 0.25) is 5.91 Å². The molecule has 1 aromatic heterocycles. The Kier molecular flexibility index (Phi) is 7.93. The summed E-state index contributed by atoms with van der Waals surface area (Å²) in [5, 5.41) is 7.52. The van der Waals surface area contributed by atoms with Crippen LogP contribution in [0.1, 0.15) is 44.1 Å². The predicted molar refractivity (Wildman–Crippen MR) is 127 cm³/mol. The molecule has 0 spiro atoms. The van der Waals surface area contributed by atoms with Gasteiger partial charge in [-0.2, -0.15) is 5.10 Å². The van der Waals surface area contributed by atoms with Crippen LogP contribution in [0.3, 0.4) is 0 Å². The lowest BCUT2D eigenvalue weighted by atomic mass is 9.97. The Morgan fingerprint density at radius 3 is 2.66 bits per heavy atom. The van der Waals surface area contributed by atoms with Crippen molar-refractivity contribution in [2.45, 2.75) is 45.1 Å². The van der Waals surface area contributed by atoms with E-state index in [-0.39, 0.29) is 17.4 Å². The molecule has 3 heterocycles. The molecule has 2 fully saturated rings. The highest BCUT2D eigenvalue weighted by atomic mass is 16.2. The van der Waals surface area contributed by atoms with Gasteiger partial charge in [0, 0.05) is 25.7 Å². The zero-order valence-corrected chi connectivity index (χ0v) is 18.9. The molecule has 2 aliphatic rings. The molecule has 0 radical (unpaired) electrons. The highest BCUT2D eigenvalue weighted by Crippen LogP contribution is 2.22. The highest BCUT2D eigenvalue weighted by molar-refractivity contribution is 5.79. The molecule has 0 bridgehead atoms. The number of likely N-dealkylation sites (tertiary alicyclic amines) is 1. The summed E-state index contributed by atoms with van der Waals surface area (Å²) in [4.78, 5) is 29.9. The zero-order chi connectivity index (χ0) is 22.2. The third kappa shape index (κ3) is 6.19. The first-order chi connectivity index (χ1) is 15.7. The molecule has 4 rings (SSSR count). The molecular weight excluding hydrogens is 402 g/mol. The minimum absolute atomic E-state index is 0.0366. The van der Waals surface area contributed by atoms with Crippen LogP contribution in [0.25, 0.3) is 0 Å². The maximum absolute atomic E-state index is 12.7. The molecule has 7 heteroatoms. The molecule has 1 aromatic carbocycles. The Labute approximate surface area is 190 Å². The van der Waals surface area contributed by atoms with E-state index in [9.17, 15) is 9.59 Å². The van der Waals surface area contributed by atoms with E-state index in [0.29, 0.717) is 13.1 Å². The second-order valence-corrected chi connectivity index (χ2v) is 9.03. The van der Waals surface area contributed by atoms with Gasteiger partial charge in [0.05, 0.1) is 24.3 Å². The van der Waals surface area contributed by atoms with Crippen LogP contribution in [0.5, 0.6) is 0 Å². The molecule has 2 aromatic rings. The van der Waals surface area contributed by atoms with Crippen molar-refractivity contribution < 1.29 is 4.79 Å². The molecule has 32 heavy (non-hydrogen) atoms. The topological polar surface area (TPSA) is 70.5 Å². The number of nitrogens with one attached hydrogen (secondary N) is 1. The van der Waals surface area contributed by atoms with E-state index in [1.54, 1.807) is 12.3 Å². The monoisotopic (exact) mass is 437 g/mol. The number of carbonyl (C=O) groups excluding carboxylic acids is 1. The number of piperidine rings is 2. The van der Waals surface area contributed by atoms with Crippen LogP contribution in [0.4, 0.5) is 5.69 Å². The molecule has 2 aliphatic heterocycles. The highest BCUT2D eigenvalue weighted by Gasteiger charge is 2.26. The Morgan fingerprint density at radius 2 is 1.88 bits per heavy atom. The van der Waals surface area contributed by atoms with E-state index < -0.39 is 0 Å². The maximum Gasteiger partial charge on any atom is 0.269 e. The van der Waals surface area contributed by atoms with Gasteiger partial charge in [-0.25, -0.2) is 4.68 Å². The minimum atomic E-state index is -0.115. The number of nitrogens with zero attached hydrogens (tertiary/aromatic N) is 4. The summed E-state index contributed by atoms with van der Waals surface area (Å²) < 4.78 is 1.48. The molecule has 1 N–H and O–H groups in total. The third-order valence-corrected chi connectivity index (χ3v) is 6.59. The van der Waals surface area contributed by atoms with E-state index in [4.69, 9.17) is 0 Å². The minimum Gasteiger partial charge on any atom is -0.369 e. The standard InChI is InChI=1S/C25H35N5O2/c31-24-17-23(18-27-30(24)19-21-9-3-1-4-10-21)29-16-7-11-22(20-29)25(32)26-12-8-15-28-13-5-2-6-14-28/h1,3-4,9-10,17-18,22H,2,5-8,11-16,19-20H2,(H,26,32)/t22-/m0/s1. The largest absolute Gasteiger partial charge is 0.369 e. The summed E-state index contributed by atoms with van der Waals surface area (Å²) in [6.07, 6.45) is 8.55. The third-order valence-electron chi connectivity index (χ3n) is 6.59. The number of amides is 1. The summed E-state index contributed by atoms with van der Waals surface area (Å²) in [7, 11) is 0. The molecule has 1 amide bonds. The van der Waals surface area contributed by atoms with Crippen LogP contribution in [0, 0.1) is 5.92 Å². The van der Waals surface area contributed by atoms with Crippen LogP contribution < -0.4 is 15.8 Å². The first-order valence-corrected chi connectivity index (χ1v) is 12.1. The van der Waals surface area contributed by atoms with Crippen molar-refractivity contribution in [3.63, 3.8) is 0 Å². The molecule has 0 saturated carbocycles. The van der Waals surface area contributed by atoms with Gasteiger partial charge in [-0.1, -0.05) is 36.8 Å². The zero-order valence-electron chi connectivity index (χ0n) is 18.9. The normalized spacial score (nSPS) is 19.6. The lowest BCUT2D eigenvalue weighted by molar-refractivity contribution is -0.125. The van der Waals surface area contributed by atoms with Gasteiger partial charge in [0.15, 0.2) is 0 Å². The first-order valence-electron chi connectivity index (χ1n) is 12.1. The molecular formula is C25H35N5O2. The van der Waals surface area contributed by atoms with Crippen molar-refractivity contribution in [1.29, 1.82) is 0 Å². The molecule has 172 valence electrons. The van der Waals surface area contributed by atoms with Crippen LogP contribution >= 0.6 is 0 Å². The smallest absolute Gasteiger partial charge is 0.269 e. The van der Waals surface area contributed by atoms with Crippen LogP contribution in [0.2, 0.25) is 0 Å². The van der Waals surface area contributed by atoms with E-state index in [1.165, 1.54) is 37.0 Å². The van der Waals surface area contributed by atoms with Gasteiger partial charge in [0.25, 0.3) is 5.56 Å². The number of hydrogen-bond acceptors (Lipinski definition) is 5. The quantitative estimate of drug-likeness (QED) is 0.643. The number of carbonyl (C=O) groups is 1. The van der Waals surface area contributed by atoms with Crippen molar-refractivity contribution in [1.82, 2.24) is 20.0 Å². The van der Waals surface area contributed by atoms with Crippen molar-refractivity contribution in [2.24, 2.45) is 5.92 Å². The average molecular weight is 438 g/mol. The van der Waals surface area contributed by atoms with Gasteiger partial charge >= 0.3 is 0 Å².